The fraction of sp³-hybridized carbons (Fsp3) is 0.150. The lowest BCUT2D eigenvalue weighted by atomic mass is 10.1. The maximum atomic E-state index is 11.0. The number of aryl methyl sites for hydroxylation is 1. The predicted molar refractivity (Wildman–Crippen MR) is 115 cm³/mol. The Hall–Kier alpha value is -3.04. The quantitative estimate of drug-likeness (QED) is 0.236. The smallest absolute Gasteiger partial charge is 0.269 e. The van der Waals surface area contributed by atoms with Crippen LogP contribution in [-0.2, 0) is 5.75 Å². The number of non-ortho nitro benzene ring substituents is 1. The molecule has 0 N–H and O–H groups in total. The highest BCUT2D eigenvalue weighted by molar-refractivity contribution is 7.98. The summed E-state index contributed by atoms with van der Waals surface area (Å²) in [7, 11) is 1.63. The molecule has 0 radical (unpaired) electrons. The van der Waals surface area contributed by atoms with E-state index >= 15 is 0 Å². The molecule has 0 atom stereocenters. The van der Waals surface area contributed by atoms with Gasteiger partial charge in [-0.2, -0.15) is 0 Å². The van der Waals surface area contributed by atoms with Crippen LogP contribution in [0.15, 0.2) is 53.6 Å². The number of benzene rings is 2. The van der Waals surface area contributed by atoms with Gasteiger partial charge in [0.15, 0.2) is 0 Å². The molecule has 9 heteroatoms. The average molecular weight is 425 g/mol. The molecule has 0 bridgehead atoms. The van der Waals surface area contributed by atoms with Crippen molar-refractivity contribution in [3.8, 4) is 17.0 Å². The van der Waals surface area contributed by atoms with E-state index in [0.717, 1.165) is 37.8 Å². The van der Waals surface area contributed by atoms with Gasteiger partial charge >= 0.3 is 0 Å². The van der Waals surface area contributed by atoms with Crippen LogP contribution in [-0.4, -0.2) is 27.2 Å². The molecule has 7 nitrogen and oxygen atoms in total. The first kappa shape index (κ1) is 19.3. The van der Waals surface area contributed by atoms with E-state index in [2.05, 4.69) is 15.2 Å². The van der Waals surface area contributed by atoms with Gasteiger partial charge in [-0.15, -0.1) is 21.5 Å². The molecule has 0 fully saturated rings. The van der Waals surface area contributed by atoms with Crippen LogP contribution < -0.4 is 4.74 Å². The third-order valence-corrected chi connectivity index (χ3v) is 6.24. The molecule has 4 rings (SSSR count). The predicted octanol–water partition coefficient (Wildman–Crippen LogP) is 5.27. The fourth-order valence-corrected chi connectivity index (χ4v) is 4.75. The normalized spacial score (nSPS) is 11.0. The number of hydrogen-bond donors (Lipinski definition) is 0. The lowest BCUT2D eigenvalue weighted by Gasteiger charge is -2.07. The largest absolute Gasteiger partial charge is 0.497 e. The van der Waals surface area contributed by atoms with Crippen LogP contribution in [0, 0.1) is 17.0 Å². The Balaban J connectivity index is 1.68. The van der Waals surface area contributed by atoms with Gasteiger partial charge in [0.1, 0.15) is 22.0 Å². The van der Waals surface area contributed by atoms with Crippen molar-refractivity contribution in [2.75, 3.05) is 7.11 Å². The van der Waals surface area contributed by atoms with E-state index in [1.807, 2.05) is 37.3 Å². The van der Waals surface area contributed by atoms with Crippen LogP contribution in [0.2, 0.25) is 0 Å². The summed E-state index contributed by atoms with van der Waals surface area (Å²) in [6, 6.07) is 14.3. The molecule has 0 aliphatic rings. The van der Waals surface area contributed by atoms with Crippen molar-refractivity contribution in [3.05, 3.63) is 69.2 Å². The Morgan fingerprint density at radius 2 is 2.00 bits per heavy atom. The molecular formula is C20H16N4O3S2. The minimum absolute atomic E-state index is 0.0807. The summed E-state index contributed by atoms with van der Waals surface area (Å²) in [6.45, 7) is 1.95. The average Bonchev–Trinajstić information content (AvgIpc) is 3.13. The van der Waals surface area contributed by atoms with Gasteiger partial charge in [-0.3, -0.25) is 10.1 Å². The molecule has 0 unspecified atom stereocenters. The topological polar surface area (TPSA) is 91.0 Å². The number of methoxy groups -OCH3 is 1. The number of aromatic nitrogens is 3. The monoisotopic (exact) mass is 424 g/mol. The van der Waals surface area contributed by atoms with Gasteiger partial charge in [-0.25, -0.2) is 4.98 Å². The maximum Gasteiger partial charge on any atom is 0.269 e. The third kappa shape index (κ3) is 4.06. The summed E-state index contributed by atoms with van der Waals surface area (Å²) < 4.78 is 6.28. The Kier molecular flexibility index (Phi) is 5.41. The van der Waals surface area contributed by atoms with E-state index in [1.54, 1.807) is 30.6 Å². The molecule has 4 aromatic rings. The lowest BCUT2D eigenvalue weighted by molar-refractivity contribution is -0.384. The van der Waals surface area contributed by atoms with Crippen molar-refractivity contribution in [1.82, 2.24) is 15.2 Å². The fourth-order valence-electron chi connectivity index (χ4n) is 2.89. The highest BCUT2D eigenvalue weighted by atomic mass is 32.2. The maximum absolute atomic E-state index is 11.0. The molecule has 0 spiro atoms. The van der Waals surface area contributed by atoms with Crippen molar-refractivity contribution in [3.63, 3.8) is 0 Å². The van der Waals surface area contributed by atoms with Gasteiger partial charge < -0.3 is 4.74 Å². The number of thioether (sulfide) groups is 1. The third-order valence-electron chi connectivity index (χ3n) is 4.23. The lowest BCUT2D eigenvalue weighted by Crippen LogP contribution is -1.94. The summed E-state index contributed by atoms with van der Waals surface area (Å²) >= 11 is 3.04. The molecule has 0 aliphatic heterocycles. The van der Waals surface area contributed by atoms with Crippen LogP contribution >= 0.6 is 23.1 Å². The molecule has 2 heterocycles. The Morgan fingerprint density at radius 3 is 2.79 bits per heavy atom. The first-order valence-corrected chi connectivity index (χ1v) is 10.5. The zero-order valence-corrected chi connectivity index (χ0v) is 17.3. The summed E-state index contributed by atoms with van der Waals surface area (Å²) in [5.41, 5.74) is 3.42. The molecular weight excluding hydrogens is 408 g/mol. The first-order chi connectivity index (χ1) is 14.0. The number of nitrogens with zero attached hydrogens (tertiary/aromatic N) is 4. The number of fused-ring (bicyclic) bond motifs is 1. The van der Waals surface area contributed by atoms with Crippen molar-refractivity contribution in [1.29, 1.82) is 0 Å². The van der Waals surface area contributed by atoms with Crippen LogP contribution in [0.4, 0.5) is 5.69 Å². The van der Waals surface area contributed by atoms with E-state index in [0.29, 0.717) is 10.8 Å². The van der Waals surface area contributed by atoms with Gasteiger partial charge in [0.25, 0.3) is 5.69 Å². The minimum Gasteiger partial charge on any atom is -0.497 e. The molecule has 146 valence electrons. The van der Waals surface area contributed by atoms with Gasteiger partial charge in [-0.05, 0) is 24.6 Å². The molecule has 2 aromatic heterocycles. The molecule has 0 aliphatic carbocycles. The molecule has 29 heavy (non-hydrogen) atoms. The van der Waals surface area contributed by atoms with Crippen molar-refractivity contribution in [2.24, 2.45) is 0 Å². The Labute approximate surface area is 174 Å². The van der Waals surface area contributed by atoms with Crippen LogP contribution in [0.3, 0.4) is 0 Å². The number of rotatable bonds is 6. The van der Waals surface area contributed by atoms with E-state index in [9.17, 15) is 10.1 Å². The van der Waals surface area contributed by atoms with Crippen molar-refractivity contribution in [2.45, 2.75) is 17.7 Å². The number of nitro benzene ring substituents is 1. The summed E-state index contributed by atoms with van der Waals surface area (Å²) in [4.78, 5) is 15.2. The van der Waals surface area contributed by atoms with Gasteiger partial charge in [0.2, 0.25) is 0 Å². The number of hydrogen-bond acceptors (Lipinski definition) is 8. The van der Waals surface area contributed by atoms with E-state index in [1.165, 1.54) is 17.8 Å². The van der Waals surface area contributed by atoms with Gasteiger partial charge in [0, 0.05) is 23.4 Å². The molecule has 0 saturated heterocycles. The Morgan fingerprint density at radius 1 is 1.17 bits per heavy atom. The SMILES string of the molecule is COc1cccc(-c2nnc(SCc3cccc([N+](=O)[O-])c3)c3nc(C)sc23)c1. The standard InChI is InChI=1S/C20H16N4O3S2/c1-12-21-18-19(29-12)17(14-6-4-8-16(10-14)27-2)22-23-20(18)28-11-13-5-3-7-15(9-13)24(25)26/h3-10H,11H2,1-2H3. The molecule has 2 aromatic carbocycles. The van der Waals surface area contributed by atoms with Gasteiger partial charge in [0.05, 0.1) is 21.7 Å². The second-order valence-electron chi connectivity index (χ2n) is 6.21. The van der Waals surface area contributed by atoms with Crippen molar-refractivity contribution >= 4 is 39.0 Å². The first-order valence-electron chi connectivity index (χ1n) is 8.69. The zero-order chi connectivity index (χ0) is 20.4. The summed E-state index contributed by atoms with van der Waals surface area (Å²) in [6.07, 6.45) is 0. The second kappa shape index (κ2) is 8.14. The van der Waals surface area contributed by atoms with E-state index in [4.69, 9.17) is 4.74 Å². The van der Waals surface area contributed by atoms with Gasteiger partial charge in [-0.1, -0.05) is 36.0 Å². The van der Waals surface area contributed by atoms with Crippen LogP contribution in [0.25, 0.3) is 21.5 Å². The molecule has 0 amide bonds. The Bertz CT molecular complexity index is 1210. The number of nitro groups is 1. The summed E-state index contributed by atoms with van der Waals surface area (Å²) in [5.74, 6) is 1.29. The van der Waals surface area contributed by atoms with E-state index < -0.39 is 0 Å². The van der Waals surface area contributed by atoms with Crippen LogP contribution in [0.1, 0.15) is 10.6 Å². The number of ether oxygens (including phenoxy) is 1. The van der Waals surface area contributed by atoms with E-state index in [-0.39, 0.29) is 10.6 Å². The van der Waals surface area contributed by atoms with Crippen LogP contribution in [0.5, 0.6) is 5.75 Å². The minimum atomic E-state index is -0.390. The van der Waals surface area contributed by atoms with Crippen molar-refractivity contribution < 1.29 is 9.66 Å². The molecule has 0 saturated carbocycles. The summed E-state index contributed by atoms with van der Waals surface area (Å²) in [5, 5.41) is 21.5. The highest BCUT2D eigenvalue weighted by Gasteiger charge is 2.17. The zero-order valence-electron chi connectivity index (χ0n) is 15.7. The second-order valence-corrected chi connectivity index (χ2v) is 8.38. The highest BCUT2D eigenvalue weighted by Crippen LogP contribution is 2.37. The number of thiazole rings is 1.